The first-order chi connectivity index (χ1) is 9.08. The molecule has 0 fully saturated rings. The summed E-state index contributed by atoms with van der Waals surface area (Å²) in [5, 5.41) is 10.8. The number of hydrogen-bond acceptors (Lipinski definition) is 3. The number of hydrogen-bond donors (Lipinski definition) is 0. The van der Waals surface area contributed by atoms with Gasteiger partial charge in [0.1, 0.15) is 0 Å². The van der Waals surface area contributed by atoms with Crippen LogP contribution in [0.3, 0.4) is 0 Å². The summed E-state index contributed by atoms with van der Waals surface area (Å²) in [5.74, 6) is -0.153. The maximum Gasteiger partial charge on any atom is 0.273 e. The molecule has 2 rings (SSSR count). The third-order valence-electron chi connectivity index (χ3n) is 2.83. The second-order valence-electron chi connectivity index (χ2n) is 4.23. The van der Waals surface area contributed by atoms with Crippen LogP contribution in [0, 0.1) is 17.0 Å². The van der Waals surface area contributed by atoms with Crippen LogP contribution in [-0.4, -0.2) is 16.2 Å². The van der Waals surface area contributed by atoms with Gasteiger partial charge >= 0.3 is 0 Å². The van der Waals surface area contributed by atoms with Crippen molar-refractivity contribution in [3.8, 4) is 0 Å². The molecule has 1 heterocycles. The number of carbonyl (C=O) groups excluding carboxylic acids is 1. The van der Waals surface area contributed by atoms with Crippen molar-refractivity contribution in [3.63, 3.8) is 0 Å². The van der Waals surface area contributed by atoms with Gasteiger partial charge in [0.25, 0.3) is 5.69 Å². The molecule has 2 aromatic rings. The van der Waals surface area contributed by atoms with Crippen molar-refractivity contribution in [1.29, 1.82) is 0 Å². The lowest BCUT2D eigenvalue weighted by Crippen LogP contribution is -3.00. The molecule has 0 aliphatic heterocycles. The Morgan fingerprint density at radius 1 is 1.24 bits per heavy atom. The molecular formula is C14H15BrN2O4. The number of Topliss-reactive ketones (excluding diaryl/α,β-unsaturated/α-hetero) is 1. The maximum absolute atomic E-state index is 12.1. The predicted molar refractivity (Wildman–Crippen MR) is 72.4 cm³/mol. The van der Waals surface area contributed by atoms with E-state index >= 15 is 0 Å². The standard InChI is InChI=1S/C14H13N2O3.BrH.H2O/c1-11-5-6-12(9-13(11)16(18)19)14(17)10-15-7-3-2-4-8-15;;/h2-9H,10H2,1H3;1H;1H2/q+1;;/p-1. The van der Waals surface area contributed by atoms with Gasteiger partial charge in [0.2, 0.25) is 12.3 Å². The summed E-state index contributed by atoms with van der Waals surface area (Å²) in [6.07, 6.45) is 3.56. The normalized spacial score (nSPS) is 9.19. The Balaban J connectivity index is 0.00000200. The van der Waals surface area contributed by atoms with E-state index in [0.29, 0.717) is 11.1 Å². The number of ketones is 1. The zero-order valence-electron chi connectivity index (χ0n) is 11.3. The zero-order chi connectivity index (χ0) is 13.8. The van der Waals surface area contributed by atoms with Crippen LogP contribution in [0.5, 0.6) is 0 Å². The highest BCUT2D eigenvalue weighted by Crippen LogP contribution is 2.19. The van der Waals surface area contributed by atoms with E-state index in [4.69, 9.17) is 0 Å². The lowest BCUT2D eigenvalue weighted by Gasteiger charge is -2.01. The minimum Gasteiger partial charge on any atom is -1.00 e. The van der Waals surface area contributed by atoms with Crippen LogP contribution >= 0.6 is 0 Å². The molecule has 1 aromatic heterocycles. The molecule has 0 aliphatic carbocycles. The zero-order valence-corrected chi connectivity index (χ0v) is 12.9. The summed E-state index contributed by atoms with van der Waals surface area (Å²) in [5.41, 5.74) is 0.881. The number of pyridine rings is 1. The summed E-state index contributed by atoms with van der Waals surface area (Å²) < 4.78 is 1.73. The van der Waals surface area contributed by atoms with Crippen LogP contribution in [-0.2, 0) is 6.54 Å². The molecule has 1 aromatic carbocycles. The molecule has 0 aliphatic rings. The second-order valence-corrected chi connectivity index (χ2v) is 4.23. The monoisotopic (exact) mass is 354 g/mol. The summed E-state index contributed by atoms with van der Waals surface area (Å²) in [6.45, 7) is 1.82. The van der Waals surface area contributed by atoms with Crippen LogP contribution in [0.2, 0.25) is 0 Å². The molecule has 0 saturated heterocycles. The SMILES string of the molecule is Cc1ccc(C(=O)C[n+]2ccccc2)cc1[N+](=O)[O-].O.[Br-]. The van der Waals surface area contributed by atoms with Crippen LogP contribution in [0.25, 0.3) is 0 Å². The Bertz CT molecular complexity index is 632. The molecule has 2 N–H and O–H groups in total. The van der Waals surface area contributed by atoms with Gasteiger partial charge in [-0.05, 0) is 6.92 Å². The lowest BCUT2D eigenvalue weighted by atomic mass is 10.1. The second kappa shape index (κ2) is 8.23. The largest absolute Gasteiger partial charge is 1.00 e. The molecule has 0 spiro atoms. The molecule has 0 saturated carbocycles. The van der Waals surface area contributed by atoms with Crippen molar-refractivity contribution in [2.24, 2.45) is 0 Å². The maximum atomic E-state index is 12.1. The smallest absolute Gasteiger partial charge is 0.273 e. The average molecular weight is 355 g/mol. The lowest BCUT2D eigenvalue weighted by molar-refractivity contribution is -0.683. The number of nitrogens with zero attached hydrogens (tertiary/aromatic N) is 2. The molecule has 0 atom stereocenters. The molecule has 0 unspecified atom stereocenters. The third kappa shape index (κ3) is 4.73. The molecular weight excluding hydrogens is 340 g/mol. The van der Waals surface area contributed by atoms with E-state index in [-0.39, 0.29) is 40.5 Å². The third-order valence-corrected chi connectivity index (χ3v) is 2.83. The number of aryl methyl sites for hydroxylation is 1. The van der Waals surface area contributed by atoms with Crippen molar-refractivity contribution in [1.82, 2.24) is 0 Å². The summed E-state index contributed by atoms with van der Waals surface area (Å²) in [6, 6.07) is 10.1. The van der Waals surface area contributed by atoms with Crippen molar-refractivity contribution < 1.29 is 36.7 Å². The van der Waals surface area contributed by atoms with E-state index in [0.717, 1.165) is 0 Å². The Labute approximate surface area is 132 Å². The van der Waals surface area contributed by atoms with Gasteiger partial charge in [0.05, 0.1) is 4.92 Å². The first-order valence-corrected chi connectivity index (χ1v) is 5.80. The van der Waals surface area contributed by atoms with Crippen molar-refractivity contribution >= 4 is 11.5 Å². The van der Waals surface area contributed by atoms with Gasteiger partial charge in [-0.25, -0.2) is 0 Å². The quantitative estimate of drug-likeness (QED) is 0.282. The average Bonchev–Trinajstić information content (AvgIpc) is 2.40. The van der Waals surface area contributed by atoms with Crippen molar-refractivity contribution in [3.05, 3.63) is 70.0 Å². The fourth-order valence-corrected chi connectivity index (χ4v) is 1.78. The molecule has 0 amide bonds. The Morgan fingerprint density at radius 2 is 1.86 bits per heavy atom. The molecule has 6 nitrogen and oxygen atoms in total. The number of halogens is 1. The number of nitro benzene ring substituents is 1. The van der Waals surface area contributed by atoms with Crippen LogP contribution < -0.4 is 21.5 Å². The van der Waals surface area contributed by atoms with E-state index in [9.17, 15) is 14.9 Å². The first-order valence-electron chi connectivity index (χ1n) is 5.80. The minimum atomic E-state index is -0.470. The van der Waals surface area contributed by atoms with E-state index in [1.807, 2.05) is 18.2 Å². The molecule has 0 radical (unpaired) electrons. The highest BCUT2D eigenvalue weighted by atomic mass is 79.9. The Kier molecular flexibility index (Phi) is 7.40. The summed E-state index contributed by atoms with van der Waals surface area (Å²) in [4.78, 5) is 22.4. The Hall–Kier alpha value is -2.12. The van der Waals surface area contributed by atoms with E-state index in [1.165, 1.54) is 6.07 Å². The van der Waals surface area contributed by atoms with Gasteiger partial charge in [-0.2, -0.15) is 4.57 Å². The number of nitro groups is 1. The van der Waals surface area contributed by atoms with Gasteiger partial charge in [0, 0.05) is 29.3 Å². The number of rotatable bonds is 4. The molecule has 112 valence electrons. The predicted octanol–water partition coefficient (Wildman–Crippen LogP) is -1.75. The molecule has 0 bridgehead atoms. The summed E-state index contributed by atoms with van der Waals surface area (Å²) in [7, 11) is 0. The van der Waals surface area contributed by atoms with Gasteiger partial charge in [0.15, 0.2) is 12.4 Å². The Morgan fingerprint density at radius 3 is 2.43 bits per heavy atom. The number of aromatic nitrogens is 1. The highest BCUT2D eigenvalue weighted by Gasteiger charge is 2.17. The number of benzene rings is 1. The van der Waals surface area contributed by atoms with E-state index in [2.05, 4.69) is 0 Å². The molecule has 7 heteroatoms. The van der Waals surface area contributed by atoms with Gasteiger partial charge < -0.3 is 22.5 Å². The van der Waals surface area contributed by atoms with Gasteiger partial charge in [-0.3, -0.25) is 14.9 Å². The number of carbonyl (C=O) groups is 1. The van der Waals surface area contributed by atoms with E-state index < -0.39 is 4.92 Å². The fourth-order valence-electron chi connectivity index (χ4n) is 1.78. The van der Waals surface area contributed by atoms with Crippen molar-refractivity contribution in [2.75, 3.05) is 0 Å². The van der Waals surface area contributed by atoms with Gasteiger partial charge in [-0.15, -0.1) is 0 Å². The van der Waals surface area contributed by atoms with E-state index in [1.54, 1.807) is 36.0 Å². The van der Waals surface area contributed by atoms with Crippen molar-refractivity contribution in [2.45, 2.75) is 13.5 Å². The summed E-state index contributed by atoms with van der Waals surface area (Å²) >= 11 is 0. The van der Waals surface area contributed by atoms with Crippen LogP contribution in [0.1, 0.15) is 15.9 Å². The molecule has 21 heavy (non-hydrogen) atoms. The van der Waals surface area contributed by atoms with Crippen LogP contribution in [0.15, 0.2) is 48.8 Å². The minimum absolute atomic E-state index is 0. The fraction of sp³-hybridized carbons (Fsp3) is 0.143. The van der Waals surface area contributed by atoms with Crippen LogP contribution in [0.4, 0.5) is 5.69 Å². The topological polar surface area (TPSA) is 95.6 Å². The van der Waals surface area contributed by atoms with Gasteiger partial charge in [-0.1, -0.05) is 18.2 Å². The first kappa shape index (κ1) is 18.9. The highest BCUT2D eigenvalue weighted by molar-refractivity contribution is 5.95.